The van der Waals surface area contributed by atoms with Crippen molar-refractivity contribution in [2.75, 3.05) is 0 Å². The topological polar surface area (TPSA) is 46.5 Å². The third-order valence-corrected chi connectivity index (χ3v) is 8.11. The fourth-order valence-corrected chi connectivity index (χ4v) is 6.15. The highest BCUT2D eigenvalue weighted by Crippen LogP contribution is 2.51. The van der Waals surface area contributed by atoms with E-state index in [-0.39, 0.29) is 5.75 Å². The predicted octanol–water partition coefficient (Wildman–Crippen LogP) is 6.83. The Morgan fingerprint density at radius 3 is 1.79 bits per heavy atom. The molecule has 33 heavy (non-hydrogen) atoms. The van der Waals surface area contributed by atoms with E-state index >= 15 is 0 Å². The van der Waals surface area contributed by atoms with Crippen LogP contribution in [0.3, 0.4) is 0 Å². The van der Waals surface area contributed by atoms with E-state index in [9.17, 15) is 9.67 Å². The van der Waals surface area contributed by atoms with Crippen molar-refractivity contribution in [2.45, 2.75) is 6.92 Å². The second-order valence-corrected chi connectivity index (χ2v) is 10.3. The van der Waals surface area contributed by atoms with Gasteiger partial charge in [0.15, 0.2) is 0 Å². The average Bonchev–Trinajstić information content (AvgIpc) is 2.87. The van der Waals surface area contributed by atoms with E-state index in [2.05, 4.69) is 0 Å². The summed E-state index contributed by atoms with van der Waals surface area (Å²) in [6, 6.07) is 35.8. The fourth-order valence-electron chi connectivity index (χ4n) is 4.06. The summed E-state index contributed by atoms with van der Waals surface area (Å²) in [5.41, 5.74) is 2.59. The van der Waals surface area contributed by atoms with Crippen molar-refractivity contribution in [2.24, 2.45) is 0 Å². The van der Waals surface area contributed by atoms with Gasteiger partial charge in [-0.3, -0.25) is 4.57 Å². The highest BCUT2D eigenvalue weighted by atomic mass is 31.2. The van der Waals surface area contributed by atoms with Crippen LogP contribution in [0.2, 0.25) is 0 Å². The molecule has 0 unspecified atom stereocenters. The Morgan fingerprint density at radius 1 is 0.667 bits per heavy atom. The number of hydrogen-bond acceptors (Lipinski definition) is 3. The van der Waals surface area contributed by atoms with Gasteiger partial charge in [-0.05, 0) is 48.9 Å². The molecule has 0 aliphatic rings. The van der Waals surface area contributed by atoms with E-state index in [0.717, 1.165) is 16.5 Å². The molecule has 0 aromatic heterocycles. The fraction of sp³-hybridized carbons (Fsp3) is 0.0345. The van der Waals surface area contributed by atoms with Gasteiger partial charge in [-0.25, -0.2) is 0 Å². The molecule has 0 aliphatic heterocycles. The Bertz CT molecular complexity index is 1420. The monoisotopic (exact) mass is 450 g/mol. The molecule has 162 valence electrons. The summed E-state index contributed by atoms with van der Waals surface area (Å²) >= 11 is 0. The van der Waals surface area contributed by atoms with Crippen LogP contribution >= 0.6 is 7.37 Å². The molecule has 0 bridgehead atoms. The number of aromatic hydroxyl groups is 1. The molecule has 0 saturated heterocycles. The molecule has 0 amide bonds. The molecule has 3 nitrogen and oxygen atoms in total. The number of fused-ring (bicyclic) bond motifs is 1. The van der Waals surface area contributed by atoms with Crippen LogP contribution in [-0.2, 0) is 4.57 Å². The number of benzene rings is 5. The molecule has 4 heteroatoms. The first-order valence-electron chi connectivity index (χ1n) is 10.8. The molecule has 0 aliphatic carbocycles. The predicted molar refractivity (Wildman–Crippen MR) is 136 cm³/mol. The third-order valence-electron chi connectivity index (χ3n) is 5.72. The van der Waals surface area contributed by atoms with Gasteiger partial charge in [-0.2, -0.15) is 0 Å². The number of aryl methyl sites for hydroxylation is 1. The quantitative estimate of drug-likeness (QED) is 0.299. The minimum Gasteiger partial charge on any atom is -0.507 e. The molecule has 5 rings (SSSR count). The van der Waals surface area contributed by atoms with Gasteiger partial charge in [0.25, 0.3) is 0 Å². The number of rotatable bonds is 5. The van der Waals surface area contributed by atoms with Gasteiger partial charge in [0.1, 0.15) is 11.5 Å². The first kappa shape index (κ1) is 21.1. The lowest BCUT2D eigenvalue weighted by Crippen LogP contribution is -2.20. The highest BCUT2D eigenvalue weighted by Gasteiger charge is 2.32. The molecule has 0 saturated carbocycles. The van der Waals surface area contributed by atoms with Crippen LogP contribution < -0.4 is 15.1 Å². The zero-order valence-corrected chi connectivity index (χ0v) is 19.1. The van der Waals surface area contributed by atoms with E-state index in [4.69, 9.17) is 4.52 Å². The van der Waals surface area contributed by atoms with Crippen molar-refractivity contribution >= 4 is 28.8 Å². The smallest absolute Gasteiger partial charge is 0.306 e. The van der Waals surface area contributed by atoms with Crippen LogP contribution in [0, 0.1) is 6.92 Å². The Kier molecular flexibility index (Phi) is 5.50. The zero-order valence-electron chi connectivity index (χ0n) is 18.2. The summed E-state index contributed by atoms with van der Waals surface area (Å²) in [4.78, 5) is 0. The second kappa shape index (κ2) is 8.61. The normalized spacial score (nSPS) is 11.4. The molecule has 1 N–H and O–H groups in total. The molecule has 5 aromatic rings. The summed E-state index contributed by atoms with van der Waals surface area (Å²) in [6.07, 6.45) is 0. The first-order chi connectivity index (χ1) is 16.1. The Balaban J connectivity index is 1.82. The van der Waals surface area contributed by atoms with Crippen LogP contribution in [0.1, 0.15) is 5.56 Å². The molecule has 0 spiro atoms. The average molecular weight is 450 g/mol. The van der Waals surface area contributed by atoms with Gasteiger partial charge in [0.05, 0.1) is 10.6 Å². The summed E-state index contributed by atoms with van der Waals surface area (Å²) in [7, 11) is -3.51. The second-order valence-electron chi connectivity index (χ2n) is 8.00. The number of phenolic OH excluding ortho intramolecular Hbond substituents is 1. The molecular weight excluding hydrogens is 427 g/mol. The molecule has 0 fully saturated rings. The van der Waals surface area contributed by atoms with Crippen LogP contribution in [0.5, 0.6) is 11.5 Å². The lowest BCUT2D eigenvalue weighted by molar-refractivity contribution is 0.479. The van der Waals surface area contributed by atoms with Crippen molar-refractivity contribution in [1.29, 1.82) is 0 Å². The number of hydrogen-bond donors (Lipinski definition) is 1. The Morgan fingerprint density at radius 2 is 1.21 bits per heavy atom. The van der Waals surface area contributed by atoms with Crippen LogP contribution in [0.4, 0.5) is 0 Å². The molecular formula is C29H23O3P. The van der Waals surface area contributed by atoms with Crippen LogP contribution in [0.15, 0.2) is 115 Å². The summed E-state index contributed by atoms with van der Waals surface area (Å²) in [5.74, 6) is 0.652. The lowest BCUT2D eigenvalue weighted by atomic mass is 9.98. The Labute approximate surface area is 193 Å². The Hall–Kier alpha value is -3.81. The van der Waals surface area contributed by atoms with E-state index in [1.54, 1.807) is 6.07 Å². The van der Waals surface area contributed by atoms with Gasteiger partial charge in [0, 0.05) is 16.3 Å². The van der Waals surface area contributed by atoms with E-state index in [0.29, 0.717) is 27.3 Å². The SMILES string of the molecule is Cc1ccc2c(O)cc(-c3ccccc3)c(OP(=O)(c3ccccc3)c3ccccc3)c2c1. The maximum absolute atomic E-state index is 14.7. The van der Waals surface area contributed by atoms with Crippen LogP contribution in [0.25, 0.3) is 21.9 Å². The van der Waals surface area contributed by atoms with Crippen molar-refractivity contribution in [1.82, 2.24) is 0 Å². The molecule has 0 radical (unpaired) electrons. The van der Waals surface area contributed by atoms with Gasteiger partial charge in [-0.15, -0.1) is 0 Å². The third kappa shape index (κ3) is 3.92. The van der Waals surface area contributed by atoms with Gasteiger partial charge in [0.2, 0.25) is 0 Å². The van der Waals surface area contributed by atoms with Crippen LogP contribution in [-0.4, -0.2) is 5.11 Å². The number of phenols is 1. The van der Waals surface area contributed by atoms with E-state index in [1.165, 1.54) is 0 Å². The minimum absolute atomic E-state index is 0.158. The highest BCUT2D eigenvalue weighted by molar-refractivity contribution is 7.74. The largest absolute Gasteiger partial charge is 0.507 e. The summed E-state index contributed by atoms with van der Waals surface area (Å²) in [6.45, 7) is 1.99. The van der Waals surface area contributed by atoms with Gasteiger partial charge >= 0.3 is 7.37 Å². The van der Waals surface area contributed by atoms with Crippen molar-refractivity contribution in [3.63, 3.8) is 0 Å². The standard InChI is InChI=1S/C29H23O3P/c1-21-17-18-25-27(19-21)29(26(20-28(25)30)22-11-5-2-6-12-22)32-33(31,23-13-7-3-8-14-23)24-15-9-4-10-16-24/h2-20,30H,1H3. The maximum Gasteiger partial charge on any atom is 0.306 e. The van der Waals surface area contributed by atoms with E-state index < -0.39 is 7.37 Å². The van der Waals surface area contributed by atoms with E-state index in [1.807, 2.05) is 116 Å². The zero-order chi connectivity index (χ0) is 22.8. The maximum atomic E-state index is 14.7. The van der Waals surface area contributed by atoms with Gasteiger partial charge < -0.3 is 9.63 Å². The van der Waals surface area contributed by atoms with Gasteiger partial charge in [-0.1, -0.05) is 84.4 Å². The van der Waals surface area contributed by atoms with Crippen molar-refractivity contribution < 1.29 is 14.2 Å². The minimum atomic E-state index is -3.51. The summed E-state index contributed by atoms with van der Waals surface area (Å²) < 4.78 is 21.3. The summed E-state index contributed by atoms with van der Waals surface area (Å²) in [5, 5.41) is 13.4. The molecule has 0 atom stereocenters. The van der Waals surface area contributed by atoms with Crippen molar-refractivity contribution in [3.05, 3.63) is 121 Å². The van der Waals surface area contributed by atoms with Crippen molar-refractivity contribution in [3.8, 4) is 22.6 Å². The molecule has 0 heterocycles. The lowest BCUT2D eigenvalue weighted by Gasteiger charge is -2.24. The first-order valence-corrected chi connectivity index (χ1v) is 12.4. The molecule has 5 aromatic carbocycles.